The Hall–Kier alpha value is -2.16. The fourth-order valence-electron chi connectivity index (χ4n) is 3.62. The van der Waals surface area contributed by atoms with Gasteiger partial charge < -0.3 is 4.90 Å². The number of hydrogen-bond donors (Lipinski definition) is 0. The Labute approximate surface area is 168 Å². The molecule has 0 N–H and O–H groups in total. The molecule has 2 aromatic carbocycles. The van der Waals surface area contributed by atoms with Crippen LogP contribution in [-0.4, -0.2) is 43.5 Å². The third-order valence-electron chi connectivity index (χ3n) is 5.08. The highest BCUT2D eigenvalue weighted by Crippen LogP contribution is 2.25. The van der Waals surface area contributed by atoms with Crippen LogP contribution in [0.5, 0.6) is 0 Å². The molecule has 1 fully saturated rings. The Morgan fingerprint density at radius 2 is 1.71 bits per heavy atom. The summed E-state index contributed by atoms with van der Waals surface area (Å²) in [4.78, 5) is 14.6. The quantitative estimate of drug-likeness (QED) is 0.640. The zero-order valence-corrected chi connectivity index (χ0v) is 17.4. The fourth-order valence-corrected chi connectivity index (χ4v) is 6.10. The third-order valence-corrected chi connectivity index (χ3v) is 7.92. The molecule has 0 spiro atoms. The second kappa shape index (κ2) is 7.69. The third kappa shape index (κ3) is 3.47. The van der Waals surface area contributed by atoms with Crippen molar-refractivity contribution in [1.29, 1.82) is 0 Å². The van der Waals surface area contributed by atoms with Crippen LogP contribution in [0.25, 0.3) is 10.2 Å². The van der Waals surface area contributed by atoms with Gasteiger partial charge in [-0.05, 0) is 36.8 Å². The number of aryl methyl sites for hydroxylation is 1. The van der Waals surface area contributed by atoms with Gasteiger partial charge in [0.05, 0.1) is 15.1 Å². The molecule has 1 aliphatic rings. The Morgan fingerprint density at radius 3 is 2.39 bits per heavy atom. The molecule has 0 aliphatic carbocycles. The monoisotopic (exact) mass is 417 g/mol. The predicted octanol–water partition coefficient (Wildman–Crippen LogP) is 2.98. The Bertz CT molecular complexity index is 1130. The van der Waals surface area contributed by atoms with Crippen molar-refractivity contribution in [3.8, 4) is 0 Å². The average Bonchev–Trinajstić information content (AvgIpc) is 3.03. The van der Waals surface area contributed by atoms with Crippen LogP contribution in [-0.2, 0) is 16.6 Å². The first-order valence-corrected chi connectivity index (χ1v) is 11.7. The normalized spacial score (nSPS) is 16.0. The highest BCUT2D eigenvalue weighted by atomic mass is 32.2. The second-order valence-corrected chi connectivity index (χ2v) is 9.81. The number of anilines is 1. The lowest BCUT2D eigenvalue weighted by molar-refractivity contribution is 0.385. The van der Waals surface area contributed by atoms with Gasteiger partial charge in [0, 0.05) is 38.4 Å². The average molecular weight is 418 g/mol. The lowest BCUT2D eigenvalue weighted by Crippen LogP contribution is -2.48. The zero-order chi connectivity index (χ0) is 19.7. The first-order chi connectivity index (χ1) is 13.5. The van der Waals surface area contributed by atoms with Crippen molar-refractivity contribution in [1.82, 2.24) is 8.87 Å². The van der Waals surface area contributed by atoms with Crippen LogP contribution < -0.4 is 9.77 Å². The summed E-state index contributed by atoms with van der Waals surface area (Å²) in [6.07, 6.45) is 0.859. The summed E-state index contributed by atoms with van der Waals surface area (Å²) >= 11 is 1.11. The Balaban J connectivity index is 1.56. The number of para-hydroxylation sites is 1. The zero-order valence-electron chi connectivity index (χ0n) is 15.7. The van der Waals surface area contributed by atoms with Gasteiger partial charge in [-0.2, -0.15) is 4.31 Å². The molecule has 6 nitrogen and oxygen atoms in total. The van der Waals surface area contributed by atoms with Crippen molar-refractivity contribution in [2.24, 2.45) is 0 Å². The van der Waals surface area contributed by atoms with Crippen LogP contribution in [0.4, 0.5) is 5.69 Å². The van der Waals surface area contributed by atoms with E-state index in [0.29, 0.717) is 32.7 Å². The molecular weight excluding hydrogens is 394 g/mol. The summed E-state index contributed by atoms with van der Waals surface area (Å²) in [7, 11) is -3.57. The molecule has 1 aromatic heterocycles. The van der Waals surface area contributed by atoms with Crippen LogP contribution in [0.2, 0.25) is 0 Å². The van der Waals surface area contributed by atoms with E-state index in [0.717, 1.165) is 33.7 Å². The van der Waals surface area contributed by atoms with Gasteiger partial charge in [-0.15, -0.1) is 0 Å². The van der Waals surface area contributed by atoms with E-state index in [1.165, 1.54) is 0 Å². The predicted molar refractivity (Wildman–Crippen MR) is 114 cm³/mol. The molecule has 8 heteroatoms. The molecule has 148 valence electrons. The van der Waals surface area contributed by atoms with Crippen molar-refractivity contribution < 1.29 is 8.42 Å². The summed E-state index contributed by atoms with van der Waals surface area (Å²) in [6.45, 7) is 4.87. The van der Waals surface area contributed by atoms with Gasteiger partial charge in [-0.25, -0.2) is 8.42 Å². The first-order valence-electron chi connectivity index (χ1n) is 9.44. The summed E-state index contributed by atoms with van der Waals surface area (Å²) in [5.41, 5.74) is 1.92. The molecule has 0 amide bonds. The van der Waals surface area contributed by atoms with Crippen LogP contribution >= 0.6 is 11.3 Å². The lowest BCUT2D eigenvalue weighted by Gasteiger charge is -2.35. The Kier molecular flexibility index (Phi) is 5.27. The minimum absolute atomic E-state index is 0.0390. The van der Waals surface area contributed by atoms with Crippen molar-refractivity contribution in [3.63, 3.8) is 0 Å². The number of aromatic nitrogens is 1. The molecule has 4 rings (SSSR count). The minimum atomic E-state index is -3.57. The number of thiazole rings is 1. The topological polar surface area (TPSA) is 62.6 Å². The molecule has 1 aliphatic heterocycles. The lowest BCUT2D eigenvalue weighted by atomic mass is 10.2. The summed E-state index contributed by atoms with van der Waals surface area (Å²) < 4.78 is 30.2. The second-order valence-electron chi connectivity index (χ2n) is 6.88. The van der Waals surface area contributed by atoms with Crippen LogP contribution in [0, 0.1) is 0 Å². The number of piperazine rings is 1. The molecule has 3 aromatic rings. The maximum Gasteiger partial charge on any atom is 0.308 e. The number of fused-ring (bicyclic) bond motifs is 1. The van der Waals surface area contributed by atoms with Crippen molar-refractivity contribution in [3.05, 3.63) is 58.2 Å². The molecule has 0 radical (unpaired) electrons. The molecule has 28 heavy (non-hydrogen) atoms. The highest BCUT2D eigenvalue weighted by Gasteiger charge is 2.29. The van der Waals surface area contributed by atoms with Gasteiger partial charge in [0.2, 0.25) is 10.0 Å². The van der Waals surface area contributed by atoms with Crippen LogP contribution in [0.15, 0.2) is 58.2 Å². The molecular formula is C20H23N3O3S2. The van der Waals surface area contributed by atoms with Crippen molar-refractivity contribution in [2.45, 2.75) is 24.8 Å². The van der Waals surface area contributed by atoms with E-state index in [1.807, 2.05) is 37.3 Å². The maximum atomic E-state index is 13.1. The molecule has 0 atom stereocenters. The molecule has 2 heterocycles. The smallest absolute Gasteiger partial charge is 0.308 e. The number of rotatable bonds is 5. The number of benzene rings is 2. The van der Waals surface area contributed by atoms with E-state index in [2.05, 4.69) is 4.90 Å². The SMILES string of the molecule is CCCn1c(=O)sc2cc(S(=O)(=O)N3CCN(c4ccccc4)CC3)ccc21. The maximum absolute atomic E-state index is 13.1. The number of sulfonamides is 1. The first kappa shape index (κ1) is 19.2. The van der Waals surface area contributed by atoms with Gasteiger partial charge in [-0.1, -0.05) is 36.5 Å². The fraction of sp³-hybridized carbons (Fsp3) is 0.350. The standard InChI is InChI=1S/C20H23N3O3S2/c1-2-10-23-18-9-8-17(15-19(18)27-20(23)24)28(25,26)22-13-11-21(12-14-22)16-6-4-3-5-7-16/h3-9,15H,2,10-14H2,1H3. The van der Waals surface area contributed by atoms with Crippen LogP contribution in [0.3, 0.4) is 0 Å². The van der Waals surface area contributed by atoms with Gasteiger partial charge >= 0.3 is 4.87 Å². The van der Waals surface area contributed by atoms with Crippen LogP contribution in [0.1, 0.15) is 13.3 Å². The summed E-state index contributed by atoms with van der Waals surface area (Å²) in [6, 6.07) is 15.1. The van der Waals surface area contributed by atoms with E-state index < -0.39 is 10.0 Å². The van der Waals surface area contributed by atoms with Gasteiger partial charge in [0.25, 0.3) is 0 Å². The van der Waals surface area contributed by atoms with Gasteiger partial charge in [0.15, 0.2) is 0 Å². The van der Waals surface area contributed by atoms with E-state index in [9.17, 15) is 13.2 Å². The van der Waals surface area contributed by atoms with Gasteiger partial charge in [0.1, 0.15) is 0 Å². The highest BCUT2D eigenvalue weighted by molar-refractivity contribution is 7.89. The summed E-state index contributed by atoms with van der Waals surface area (Å²) in [5, 5.41) is 0. The molecule has 1 saturated heterocycles. The van der Waals surface area contributed by atoms with E-state index in [1.54, 1.807) is 27.1 Å². The van der Waals surface area contributed by atoms with Crippen molar-refractivity contribution >= 4 is 37.3 Å². The van der Waals surface area contributed by atoms with E-state index in [4.69, 9.17) is 0 Å². The summed E-state index contributed by atoms with van der Waals surface area (Å²) in [5.74, 6) is 0. The number of nitrogens with zero attached hydrogens (tertiary/aromatic N) is 3. The Morgan fingerprint density at radius 1 is 1.00 bits per heavy atom. The largest absolute Gasteiger partial charge is 0.369 e. The molecule has 0 saturated carbocycles. The van der Waals surface area contributed by atoms with E-state index >= 15 is 0 Å². The van der Waals surface area contributed by atoms with Crippen molar-refractivity contribution in [2.75, 3.05) is 31.1 Å². The minimum Gasteiger partial charge on any atom is -0.369 e. The molecule has 0 bridgehead atoms. The number of hydrogen-bond acceptors (Lipinski definition) is 5. The van der Waals surface area contributed by atoms with Gasteiger partial charge in [-0.3, -0.25) is 9.36 Å². The molecule has 0 unspecified atom stereocenters. The van der Waals surface area contributed by atoms with E-state index in [-0.39, 0.29) is 9.77 Å².